The maximum absolute atomic E-state index is 12.1. The molecule has 1 heterocycles. The van der Waals surface area contributed by atoms with Crippen molar-refractivity contribution in [2.45, 2.75) is 13.0 Å². The summed E-state index contributed by atoms with van der Waals surface area (Å²) in [4.78, 5) is 16.0. The molecule has 1 atom stereocenters. The molecule has 0 saturated heterocycles. The number of nitrogens with zero attached hydrogens (tertiary/aromatic N) is 1. The zero-order valence-corrected chi connectivity index (χ0v) is 14.9. The van der Waals surface area contributed by atoms with E-state index < -0.39 is 6.10 Å². The molecular formula is C14H11Br2ClN2O2. The molecule has 0 unspecified atom stereocenters. The number of ether oxygens (including phenoxy) is 1. The quantitative estimate of drug-likeness (QED) is 0.712. The van der Waals surface area contributed by atoms with E-state index in [0.29, 0.717) is 11.4 Å². The number of aromatic nitrogens is 1. The Labute approximate surface area is 144 Å². The molecule has 4 nitrogen and oxygen atoms in total. The predicted octanol–water partition coefficient (Wildman–Crippen LogP) is 4.67. The van der Waals surface area contributed by atoms with Crippen LogP contribution in [0.4, 0.5) is 5.69 Å². The first-order chi connectivity index (χ1) is 9.97. The number of anilines is 1. The van der Waals surface area contributed by atoms with Gasteiger partial charge in [0.1, 0.15) is 5.75 Å². The van der Waals surface area contributed by atoms with E-state index in [1.165, 1.54) is 0 Å². The molecule has 0 saturated carbocycles. The number of nitrogens with one attached hydrogen (secondary N) is 1. The lowest BCUT2D eigenvalue weighted by Crippen LogP contribution is -2.30. The lowest BCUT2D eigenvalue weighted by Gasteiger charge is -2.16. The monoisotopic (exact) mass is 432 g/mol. The van der Waals surface area contributed by atoms with Crippen LogP contribution in [-0.4, -0.2) is 17.0 Å². The van der Waals surface area contributed by atoms with Crippen molar-refractivity contribution < 1.29 is 9.53 Å². The van der Waals surface area contributed by atoms with Crippen molar-refractivity contribution in [3.05, 3.63) is 50.6 Å². The lowest BCUT2D eigenvalue weighted by atomic mass is 10.3. The van der Waals surface area contributed by atoms with Gasteiger partial charge in [-0.05, 0) is 53.2 Å². The van der Waals surface area contributed by atoms with E-state index in [4.69, 9.17) is 16.3 Å². The van der Waals surface area contributed by atoms with Crippen molar-refractivity contribution in [3.63, 3.8) is 0 Å². The first-order valence-corrected chi connectivity index (χ1v) is 7.97. The Hall–Kier alpha value is -1.11. The van der Waals surface area contributed by atoms with Gasteiger partial charge in [-0.1, -0.05) is 27.5 Å². The molecule has 110 valence electrons. The fraction of sp³-hybridized carbons (Fsp3) is 0.143. The van der Waals surface area contributed by atoms with Gasteiger partial charge in [0.2, 0.25) is 0 Å². The van der Waals surface area contributed by atoms with E-state index in [-0.39, 0.29) is 11.1 Å². The number of hydrogen-bond acceptors (Lipinski definition) is 3. The van der Waals surface area contributed by atoms with E-state index in [9.17, 15) is 4.79 Å². The van der Waals surface area contributed by atoms with Crippen molar-refractivity contribution in [1.29, 1.82) is 0 Å². The maximum Gasteiger partial charge on any atom is 0.265 e. The first kappa shape index (κ1) is 16.3. The topological polar surface area (TPSA) is 51.2 Å². The van der Waals surface area contributed by atoms with Gasteiger partial charge in [-0.15, -0.1) is 0 Å². The van der Waals surface area contributed by atoms with Crippen LogP contribution in [0.2, 0.25) is 5.15 Å². The second kappa shape index (κ2) is 7.24. The highest BCUT2D eigenvalue weighted by Gasteiger charge is 2.17. The Morgan fingerprint density at radius 3 is 2.81 bits per heavy atom. The number of hydrogen-bond donors (Lipinski definition) is 1. The number of benzene rings is 1. The molecule has 0 bridgehead atoms. The van der Waals surface area contributed by atoms with Crippen molar-refractivity contribution in [3.8, 4) is 5.75 Å². The Bertz CT molecular complexity index is 667. The molecule has 0 aliphatic rings. The van der Waals surface area contributed by atoms with Gasteiger partial charge in [0.25, 0.3) is 5.91 Å². The minimum absolute atomic E-state index is 0.239. The van der Waals surface area contributed by atoms with Crippen molar-refractivity contribution in [2.75, 3.05) is 5.32 Å². The van der Waals surface area contributed by atoms with Crippen LogP contribution in [0.25, 0.3) is 0 Å². The van der Waals surface area contributed by atoms with Crippen molar-refractivity contribution in [1.82, 2.24) is 4.98 Å². The van der Waals surface area contributed by atoms with Crippen molar-refractivity contribution >= 4 is 55.1 Å². The smallest absolute Gasteiger partial charge is 0.265 e. The second-order valence-electron chi connectivity index (χ2n) is 4.17. The van der Waals surface area contributed by atoms with Gasteiger partial charge >= 0.3 is 0 Å². The third-order valence-electron chi connectivity index (χ3n) is 2.58. The van der Waals surface area contributed by atoms with Crippen LogP contribution in [0.1, 0.15) is 6.92 Å². The molecule has 21 heavy (non-hydrogen) atoms. The molecule has 1 N–H and O–H groups in total. The summed E-state index contributed by atoms with van der Waals surface area (Å²) in [6, 6.07) is 8.82. The van der Waals surface area contributed by atoms with E-state index in [2.05, 4.69) is 42.2 Å². The van der Waals surface area contributed by atoms with Gasteiger partial charge in [-0.2, -0.15) is 0 Å². The summed E-state index contributed by atoms with van der Waals surface area (Å²) in [7, 11) is 0. The first-order valence-electron chi connectivity index (χ1n) is 6.00. The highest BCUT2D eigenvalue weighted by atomic mass is 79.9. The number of carbonyl (C=O) groups is 1. The van der Waals surface area contributed by atoms with Crippen LogP contribution in [0.15, 0.2) is 45.5 Å². The van der Waals surface area contributed by atoms with Crippen LogP contribution in [0.5, 0.6) is 5.75 Å². The van der Waals surface area contributed by atoms with Gasteiger partial charge in [0.05, 0.1) is 10.2 Å². The molecule has 2 aromatic rings. The number of halogens is 3. The molecular weight excluding hydrogens is 423 g/mol. The standard InChI is InChI=1S/C14H11Br2ClN2O2/c1-8(21-12-5-4-9(15)7-10(12)16)14(20)19-11-3-2-6-18-13(11)17/h2-8H,1H3,(H,19,20)/t8-/m1/s1. The van der Waals surface area contributed by atoms with Crippen LogP contribution < -0.4 is 10.1 Å². The van der Waals surface area contributed by atoms with Gasteiger partial charge < -0.3 is 10.1 Å². The molecule has 0 fully saturated rings. The summed E-state index contributed by atoms with van der Waals surface area (Å²) in [6.45, 7) is 1.66. The molecule has 0 spiro atoms. The lowest BCUT2D eigenvalue weighted by molar-refractivity contribution is -0.122. The second-order valence-corrected chi connectivity index (χ2v) is 6.29. The molecule has 0 radical (unpaired) electrons. The van der Waals surface area contributed by atoms with Crippen LogP contribution in [-0.2, 0) is 4.79 Å². The summed E-state index contributed by atoms with van der Waals surface area (Å²) in [5.41, 5.74) is 0.453. The molecule has 1 amide bonds. The summed E-state index contributed by atoms with van der Waals surface area (Å²) in [5, 5.41) is 2.92. The molecule has 7 heteroatoms. The summed E-state index contributed by atoms with van der Waals surface area (Å²) < 4.78 is 7.31. The maximum atomic E-state index is 12.1. The Balaban J connectivity index is 2.04. The zero-order valence-electron chi connectivity index (χ0n) is 10.9. The van der Waals surface area contributed by atoms with Gasteiger partial charge in [-0.25, -0.2) is 4.98 Å². The number of carbonyl (C=O) groups excluding carboxylic acids is 1. The molecule has 0 aliphatic heterocycles. The van der Waals surface area contributed by atoms with E-state index in [1.807, 2.05) is 12.1 Å². The van der Waals surface area contributed by atoms with Crippen LogP contribution in [0, 0.1) is 0 Å². The predicted molar refractivity (Wildman–Crippen MR) is 89.8 cm³/mol. The third kappa shape index (κ3) is 4.43. The zero-order chi connectivity index (χ0) is 15.4. The minimum atomic E-state index is -0.682. The largest absolute Gasteiger partial charge is 0.480 e. The number of rotatable bonds is 4. The Kier molecular flexibility index (Phi) is 5.61. The van der Waals surface area contributed by atoms with Crippen LogP contribution >= 0.6 is 43.5 Å². The van der Waals surface area contributed by atoms with E-state index in [1.54, 1.807) is 31.3 Å². The Morgan fingerprint density at radius 2 is 2.14 bits per heavy atom. The molecule has 1 aromatic heterocycles. The SMILES string of the molecule is C[C@@H](Oc1ccc(Br)cc1Br)C(=O)Nc1cccnc1Cl. The van der Waals surface area contributed by atoms with Gasteiger partial charge in [0, 0.05) is 10.7 Å². The molecule has 2 rings (SSSR count). The number of amides is 1. The van der Waals surface area contributed by atoms with E-state index >= 15 is 0 Å². The average molecular weight is 435 g/mol. The highest BCUT2D eigenvalue weighted by Crippen LogP contribution is 2.29. The summed E-state index contributed by atoms with van der Waals surface area (Å²) in [5.74, 6) is 0.276. The highest BCUT2D eigenvalue weighted by molar-refractivity contribution is 9.11. The summed E-state index contributed by atoms with van der Waals surface area (Å²) >= 11 is 12.6. The fourth-order valence-corrected chi connectivity index (χ4v) is 2.84. The fourth-order valence-electron chi connectivity index (χ4n) is 1.53. The van der Waals surface area contributed by atoms with Crippen LogP contribution in [0.3, 0.4) is 0 Å². The molecule has 0 aliphatic carbocycles. The van der Waals surface area contributed by atoms with Gasteiger partial charge in [0.15, 0.2) is 11.3 Å². The van der Waals surface area contributed by atoms with E-state index in [0.717, 1.165) is 8.95 Å². The Morgan fingerprint density at radius 1 is 1.38 bits per heavy atom. The third-order valence-corrected chi connectivity index (χ3v) is 4.00. The number of pyridine rings is 1. The van der Waals surface area contributed by atoms with Crippen molar-refractivity contribution in [2.24, 2.45) is 0 Å². The average Bonchev–Trinajstić information content (AvgIpc) is 2.44. The minimum Gasteiger partial charge on any atom is -0.480 e. The summed E-state index contributed by atoms with van der Waals surface area (Å²) in [6.07, 6.45) is 0.871. The van der Waals surface area contributed by atoms with Gasteiger partial charge in [-0.3, -0.25) is 4.79 Å². The normalized spacial score (nSPS) is 11.8. The molecule has 1 aromatic carbocycles.